The Bertz CT molecular complexity index is 963. The maximum Gasteiger partial charge on any atom is 0.267 e. The molecule has 0 spiro atoms. The van der Waals surface area contributed by atoms with Crippen LogP contribution in [0.5, 0.6) is 5.75 Å². The zero-order valence-electron chi connectivity index (χ0n) is 17.2. The number of hydrogen-bond acceptors (Lipinski definition) is 6. The second-order valence-electron chi connectivity index (χ2n) is 6.81. The molecule has 1 aliphatic heterocycles. The van der Waals surface area contributed by atoms with Gasteiger partial charge in [0.05, 0.1) is 20.3 Å². The maximum atomic E-state index is 13.1. The summed E-state index contributed by atoms with van der Waals surface area (Å²) in [6.07, 6.45) is 4.61. The average Bonchev–Trinajstić information content (AvgIpc) is 2.82. The van der Waals surface area contributed by atoms with Crippen molar-refractivity contribution in [3.8, 4) is 5.75 Å². The average molecular weight is 423 g/mol. The van der Waals surface area contributed by atoms with E-state index in [1.54, 1.807) is 24.7 Å². The van der Waals surface area contributed by atoms with E-state index in [9.17, 15) is 9.59 Å². The zero-order valence-corrected chi connectivity index (χ0v) is 17.2. The number of methoxy groups -OCH3 is 1. The van der Waals surface area contributed by atoms with Gasteiger partial charge in [-0.2, -0.15) is 0 Å². The van der Waals surface area contributed by atoms with Gasteiger partial charge in [0, 0.05) is 24.7 Å². The van der Waals surface area contributed by atoms with Gasteiger partial charge in [0.2, 0.25) is 0 Å². The summed E-state index contributed by atoms with van der Waals surface area (Å²) in [6, 6.07) is 14.7. The Balaban J connectivity index is 1.87. The first-order valence-electron chi connectivity index (χ1n) is 9.81. The van der Waals surface area contributed by atoms with Gasteiger partial charge >= 0.3 is 0 Å². The van der Waals surface area contributed by atoms with E-state index in [0.29, 0.717) is 37.6 Å². The van der Waals surface area contributed by atoms with Crippen LogP contribution in [-0.2, 0) is 14.3 Å². The standard InChI is InChI=1S/C23H25N3O5/c1-30-20-4-2-3-19(16-20)21(23(28)24-26-11-13-31-14-12-26)15-18-7-5-17(6-8-18)9-10-22(27)25-29/h2-10,15-16,29H,11-14H2,1H3,(H,24,28)(H,25,27)/b10-9+,21-15-. The second-order valence-corrected chi connectivity index (χ2v) is 6.81. The van der Waals surface area contributed by atoms with Gasteiger partial charge in [0.15, 0.2) is 0 Å². The molecule has 0 unspecified atom stereocenters. The fourth-order valence-electron chi connectivity index (χ4n) is 3.03. The number of benzene rings is 2. The van der Waals surface area contributed by atoms with Crippen LogP contribution in [0.1, 0.15) is 16.7 Å². The number of nitrogens with zero attached hydrogens (tertiary/aromatic N) is 1. The van der Waals surface area contributed by atoms with Gasteiger partial charge in [-0.1, -0.05) is 36.4 Å². The molecule has 2 aromatic rings. The lowest BCUT2D eigenvalue weighted by atomic mass is 10.0. The Kier molecular flexibility index (Phi) is 7.94. The molecule has 1 saturated heterocycles. The minimum atomic E-state index is -0.607. The van der Waals surface area contributed by atoms with E-state index in [-0.39, 0.29) is 5.91 Å². The second kappa shape index (κ2) is 11.1. The molecule has 31 heavy (non-hydrogen) atoms. The van der Waals surface area contributed by atoms with E-state index in [2.05, 4.69) is 5.43 Å². The number of carbonyl (C=O) groups is 2. The van der Waals surface area contributed by atoms with E-state index < -0.39 is 5.91 Å². The van der Waals surface area contributed by atoms with Crippen molar-refractivity contribution < 1.29 is 24.3 Å². The molecule has 3 rings (SSSR count). The van der Waals surface area contributed by atoms with Crippen LogP contribution in [0.2, 0.25) is 0 Å². The molecule has 0 aliphatic carbocycles. The topological polar surface area (TPSA) is 100 Å². The number of hydrogen-bond donors (Lipinski definition) is 3. The van der Waals surface area contributed by atoms with Crippen molar-refractivity contribution in [2.75, 3.05) is 33.4 Å². The third kappa shape index (κ3) is 6.51. The molecule has 8 heteroatoms. The van der Waals surface area contributed by atoms with E-state index in [1.165, 1.54) is 6.08 Å². The minimum Gasteiger partial charge on any atom is -0.497 e. The normalized spacial score (nSPS) is 15.0. The summed E-state index contributed by atoms with van der Waals surface area (Å²) in [6.45, 7) is 2.39. The summed E-state index contributed by atoms with van der Waals surface area (Å²) >= 11 is 0. The van der Waals surface area contributed by atoms with Crippen LogP contribution >= 0.6 is 0 Å². The van der Waals surface area contributed by atoms with Gasteiger partial charge in [-0.25, -0.2) is 10.5 Å². The van der Waals surface area contributed by atoms with Gasteiger partial charge in [-0.3, -0.25) is 20.2 Å². The Labute approximate surface area is 180 Å². The number of ether oxygens (including phenoxy) is 2. The van der Waals surface area contributed by atoms with Gasteiger partial charge in [-0.05, 0) is 41.0 Å². The summed E-state index contributed by atoms with van der Waals surface area (Å²) in [7, 11) is 1.58. The molecule has 0 atom stereocenters. The van der Waals surface area contributed by atoms with Crippen LogP contribution in [0, 0.1) is 0 Å². The van der Waals surface area contributed by atoms with Crippen molar-refractivity contribution in [3.05, 3.63) is 71.3 Å². The molecule has 2 amide bonds. The fraction of sp³-hybridized carbons (Fsp3) is 0.217. The van der Waals surface area contributed by atoms with Crippen LogP contribution in [0.15, 0.2) is 54.6 Å². The molecule has 162 valence electrons. The van der Waals surface area contributed by atoms with Gasteiger partial charge in [0.1, 0.15) is 5.75 Å². The lowest BCUT2D eigenvalue weighted by molar-refractivity contribution is -0.124. The number of nitrogens with one attached hydrogen (secondary N) is 2. The first-order valence-corrected chi connectivity index (χ1v) is 9.81. The van der Waals surface area contributed by atoms with E-state index in [0.717, 1.165) is 16.7 Å². The maximum absolute atomic E-state index is 13.1. The number of amides is 2. The van der Waals surface area contributed by atoms with Gasteiger partial charge in [-0.15, -0.1) is 0 Å². The molecular weight excluding hydrogens is 398 g/mol. The molecule has 0 saturated carbocycles. The lowest BCUT2D eigenvalue weighted by Crippen LogP contribution is -2.48. The largest absolute Gasteiger partial charge is 0.497 e. The Hall–Kier alpha value is -3.46. The predicted octanol–water partition coefficient (Wildman–Crippen LogP) is 2.12. The van der Waals surface area contributed by atoms with Crippen LogP contribution < -0.4 is 15.6 Å². The van der Waals surface area contributed by atoms with Crippen molar-refractivity contribution in [2.24, 2.45) is 0 Å². The Morgan fingerprint density at radius 2 is 1.81 bits per heavy atom. The van der Waals surface area contributed by atoms with Crippen molar-refractivity contribution >= 4 is 29.5 Å². The Morgan fingerprint density at radius 3 is 2.48 bits per heavy atom. The van der Waals surface area contributed by atoms with E-state index in [4.69, 9.17) is 14.7 Å². The smallest absolute Gasteiger partial charge is 0.267 e. The molecule has 1 aliphatic rings. The van der Waals surface area contributed by atoms with E-state index >= 15 is 0 Å². The van der Waals surface area contributed by atoms with Gasteiger partial charge < -0.3 is 9.47 Å². The van der Waals surface area contributed by atoms with Gasteiger partial charge in [0.25, 0.3) is 11.8 Å². The molecular formula is C23H25N3O5. The number of carbonyl (C=O) groups excluding carboxylic acids is 2. The van der Waals surface area contributed by atoms with Crippen molar-refractivity contribution in [1.29, 1.82) is 0 Å². The highest BCUT2D eigenvalue weighted by molar-refractivity contribution is 6.24. The molecule has 8 nitrogen and oxygen atoms in total. The van der Waals surface area contributed by atoms with Crippen LogP contribution in [0.25, 0.3) is 17.7 Å². The predicted molar refractivity (Wildman–Crippen MR) is 117 cm³/mol. The fourth-order valence-corrected chi connectivity index (χ4v) is 3.03. The molecule has 1 fully saturated rings. The van der Waals surface area contributed by atoms with Crippen LogP contribution in [0.4, 0.5) is 0 Å². The molecule has 0 radical (unpaired) electrons. The van der Waals surface area contributed by atoms with Crippen molar-refractivity contribution in [2.45, 2.75) is 0 Å². The number of rotatable bonds is 7. The van der Waals surface area contributed by atoms with E-state index in [1.807, 2.05) is 53.5 Å². The van der Waals surface area contributed by atoms with Crippen LogP contribution in [0.3, 0.4) is 0 Å². The Morgan fingerprint density at radius 1 is 1.10 bits per heavy atom. The highest BCUT2D eigenvalue weighted by Gasteiger charge is 2.18. The monoisotopic (exact) mass is 423 g/mol. The van der Waals surface area contributed by atoms with Crippen LogP contribution in [-0.4, -0.2) is 55.4 Å². The molecule has 3 N–H and O–H groups in total. The molecule has 0 bridgehead atoms. The summed E-state index contributed by atoms with van der Waals surface area (Å²) in [4.78, 5) is 24.2. The lowest BCUT2D eigenvalue weighted by Gasteiger charge is -2.27. The highest BCUT2D eigenvalue weighted by atomic mass is 16.5. The summed E-state index contributed by atoms with van der Waals surface area (Å²) in [5.41, 5.74) is 7.32. The number of morpholine rings is 1. The first-order chi connectivity index (χ1) is 15.1. The third-order valence-electron chi connectivity index (χ3n) is 4.68. The zero-order chi connectivity index (χ0) is 22.1. The van der Waals surface area contributed by atoms with Crippen molar-refractivity contribution in [1.82, 2.24) is 15.9 Å². The first kappa shape index (κ1) is 22.2. The summed E-state index contributed by atoms with van der Waals surface area (Å²) in [5.74, 6) is -0.173. The minimum absolute atomic E-state index is 0.223. The SMILES string of the molecule is COc1cccc(/C(=C/c2ccc(/C=C/C(=O)NO)cc2)C(=O)NN2CCOCC2)c1. The molecule has 1 heterocycles. The third-order valence-corrected chi connectivity index (χ3v) is 4.68. The summed E-state index contributed by atoms with van der Waals surface area (Å²) < 4.78 is 10.6. The van der Waals surface area contributed by atoms with Crippen molar-refractivity contribution in [3.63, 3.8) is 0 Å². The highest BCUT2D eigenvalue weighted by Crippen LogP contribution is 2.23. The summed E-state index contributed by atoms with van der Waals surface area (Å²) in [5, 5.41) is 10.4. The molecule has 0 aromatic heterocycles. The number of hydroxylamine groups is 1. The molecule has 2 aromatic carbocycles. The quantitative estimate of drug-likeness (QED) is 0.273. The number of hydrazine groups is 1.